The van der Waals surface area contributed by atoms with Gasteiger partial charge in [0.05, 0.1) is 17.9 Å². The molecule has 200 valence electrons. The number of rotatable bonds is 7. The van der Waals surface area contributed by atoms with Gasteiger partial charge in [-0.25, -0.2) is 9.78 Å². The van der Waals surface area contributed by atoms with Crippen LogP contribution in [0.4, 0.5) is 10.5 Å². The first-order chi connectivity index (χ1) is 19.5. The van der Waals surface area contributed by atoms with E-state index in [4.69, 9.17) is 13.9 Å². The van der Waals surface area contributed by atoms with E-state index in [1.54, 1.807) is 12.3 Å². The van der Waals surface area contributed by atoms with E-state index < -0.39 is 17.6 Å². The summed E-state index contributed by atoms with van der Waals surface area (Å²) in [6, 6.07) is 29.1. The second-order valence-electron chi connectivity index (χ2n) is 9.97. The quantitative estimate of drug-likeness (QED) is 0.216. The first kappa shape index (κ1) is 25.4. The van der Waals surface area contributed by atoms with E-state index in [1.165, 1.54) is 7.11 Å². The summed E-state index contributed by atoms with van der Waals surface area (Å²) in [5, 5.41) is 3.57. The van der Waals surface area contributed by atoms with Gasteiger partial charge in [-0.15, -0.1) is 0 Å². The molecule has 1 saturated carbocycles. The van der Waals surface area contributed by atoms with Crippen LogP contribution in [0.2, 0.25) is 0 Å². The molecule has 2 heterocycles. The number of nitrogens with zero attached hydrogens (tertiary/aromatic N) is 1. The molecule has 1 atom stereocenters. The summed E-state index contributed by atoms with van der Waals surface area (Å²) in [5.41, 5.74) is 5.14. The molecule has 0 aliphatic heterocycles. The van der Waals surface area contributed by atoms with Crippen molar-refractivity contribution in [1.29, 1.82) is 0 Å². The molecule has 1 N–H and O–H groups in total. The SMILES string of the molecule is COC(=O)C1(c2ccc(-c3ccc(-c4oc5ncccc5c4NC(=O)OC(C)c4ccccc4)cc3)cc2)CC1. The normalized spacial score (nSPS) is 14.3. The van der Waals surface area contributed by atoms with Crippen molar-refractivity contribution in [1.82, 2.24) is 4.98 Å². The highest BCUT2D eigenvalue weighted by molar-refractivity contribution is 6.03. The van der Waals surface area contributed by atoms with Gasteiger partial charge in [-0.2, -0.15) is 0 Å². The molecule has 7 nitrogen and oxygen atoms in total. The number of amides is 1. The van der Waals surface area contributed by atoms with E-state index >= 15 is 0 Å². The molecule has 1 unspecified atom stereocenters. The predicted molar refractivity (Wildman–Crippen MR) is 153 cm³/mol. The van der Waals surface area contributed by atoms with Crippen LogP contribution in [0.25, 0.3) is 33.6 Å². The van der Waals surface area contributed by atoms with Crippen molar-refractivity contribution >= 4 is 28.8 Å². The van der Waals surface area contributed by atoms with E-state index in [9.17, 15) is 9.59 Å². The third kappa shape index (κ3) is 4.71. The Bertz CT molecular complexity index is 1670. The van der Waals surface area contributed by atoms with Gasteiger partial charge >= 0.3 is 12.1 Å². The molecule has 0 saturated heterocycles. The molecule has 0 bridgehead atoms. The largest absolute Gasteiger partial charge is 0.468 e. The average molecular weight is 533 g/mol. The third-order valence-corrected chi connectivity index (χ3v) is 7.49. The highest BCUT2D eigenvalue weighted by Crippen LogP contribution is 2.49. The minimum Gasteiger partial charge on any atom is -0.468 e. The standard InChI is InChI=1S/C33H28N2O5/c1-21(22-7-4-3-5-8-22)39-32(37)35-28-27-9-6-20-34-30(27)40-29(28)25-12-10-23(11-13-25)24-14-16-26(17-15-24)33(18-19-33)31(36)38-2/h3-17,20-21H,18-19H2,1-2H3,(H,35,37). The maximum absolute atomic E-state index is 12.9. The van der Waals surface area contributed by atoms with Gasteiger partial charge in [0, 0.05) is 11.8 Å². The summed E-state index contributed by atoms with van der Waals surface area (Å²) in [5.74, 6) is 0.321. The summed E-state index contributed by atoms with van der Waals surface area (Å²) in [7, 11) is 1.44. The zero-order valence-electron chi connectivity index (χ0n) is 22.2. The number of carbonyl (C=O) groups is 2. The number of aromatic nitrogens is 1. The fourth-order valence-electron chi connectivity index (χ4n) is 5.07. The zero-order valence-corrected chi connectivity index (χ0v) is 22.2. The molecule has 1 amide bonds. The number of esters is 1. The lowest BCUT2D eigenvalue weighted by Crippen LogP contribution is -2.21. The molecule has 2 aromatic heterocycles. The van der Waals surface area contributed by atoms with Gasteiger partial charge in [-0.1, -0.05) is 78.9 Å². The van der Waals surface area contributed by atoms with Crippen molar-refractivity contribution in [3.8, 4) is 22.5 Å². The molecule has 1 fully saturated rings. The summed E-state index contributed by atoms with van der Waals surface area (Å²) < 4.78 is 16.7. The number of benzene rings is 3. The summed E-state index contributed by atoms with van der Waals surface area (Å²) in [4.78, 5) is 29.5. The van der Waals surface area contributed by atoms with E-state index in [0.29, 0.717) is 22.5 Å². The van der Waals surface area contributed by atoms with Crippen LogP contribution in [0.3, 0.4) is 0 Å². The number of hydrogen-bond acceptors (Lipinski definition) is 6. The molecular formula is C33H28N2O5. The number of hydrogen-bond donors (Lipinski definition) is 1. The van der Waals surface area contributed by atoms with E-state index in [-0.39, 0.29) is 5.97 Å². The number of carbonyl (C=O) groups excluding carboxylic acids is 2. The van der Waals surface area contributed by atoms with Gasteiger partial charge in [0.2, 0.25) is 5.71 Å². The molecule has 5 aromatic rings. The molecule has 6 rings (SSSR count). The molecule has 7 heteroatoms. The number of pyridine rings is 1. The van der Waals surface area contributed by atoms with Gasteiger partial charge in [-0.05, 0) is 54.2 Å². The lowest BCUT2D eigenvalue weighted by molar-refractivity contribution is -0.143. The fourth-order valence-corrected chi connectivity index (χ4v) is 5.07. The van der Waals surface area contributed by atoms with E-state index in [0.717, 1.165) is 40.7 Å². The first-order valence-electron chi connectivity index (χ1n) is 13.2. The van der Waals surface area contributed by atoms with Crippen molar-refractivity contribution in [3.63, 3.8) is 0 Å². The summed E-state index contributed by atoms with van der Waals surface area (Å²) in [6.45, 7) is 1.83. The Morgan fingerprint density at radius 2 is 1.52 bits per heavy atom. The average Bonchev–Trinajstić information content (AvgIpc) is 3.74. The van der Waals surface area contributed by atoms with Crippen LogP contribution < -0.4 is 5.32 Å². The highest BCUT2D eigenvalue weighted by atomic mass is 16.6. The Kier molecular flexibility index (Phi) is 6.56. The Morgan fingerprint density at radius 1 is 0.875 bits per heavy atom. The molecule has 1 aliphatic rings. The summed E-state index contributed by atoms with van der Waals surface area (Å²) >= 11 is 0. The van der Waals surface area contributed by atoms with E-state index in [1.807, 2.05) is 91.9 Å². The lowest BCUT2D eigenvalue weighted by atomic mass is 9.93. The van der Waals surface area contributed by atoms with Crippen LogP contribution >= 0.6 is 0 Å². The number of nitrogens with one attached hydrogen (secondary N) is 1. The van der Waals surface area contributed by atoms with Crippen LogP contribution in [0.15, 0.2) is 102 Å². The molecule has 0 radical (unpaired) electrons. The van der Waals surface area contributed by atoms with Crippen molar-refractivity contribution < 1.29 is 23.5 Å². The maximum Gasteiger partial charge on any atom is 0.412 e. The fraction of sp³-hybridized carbons (Fsp3) is 0.182. The summed E-state index contributed by atoms with van der Waals surface area (Å²) in [6.07, 6.45) is 2.27. The van der Waals surface area contributed by atoms with Gasteiger partial charge in [0.15, 0.2) is 5.76 Å². The Morgan fingerprint density at radius 3 is 2.17 bits per heavy atom. The smallest absolute Gasteiger partial charge is 0.412 e. The second kappa shape index (κ2) is 10.3. The van der Waals surface area contributed by atoms with E-state index in [2.05, 4.69) is 10.3 Å². The lowest BCUT2D eigenvalue weighted by Gasteiger charge is -2.14. The molecule has 3 aromatic carbocycles. The Balaban J connectivity index is 1.25. The Hall–Kier alpha value is -4.91. The van der Waals surface area contributed by atoms with Crippen LogP contribution in [0.1, 0.15) is 37.0 Å². The minimum atomic E-state index is -0.582. The number of anilines is 1. The third-order valence-electron chi connectivity index (χ3n) is 7.49. The molecule has 1 aliphatic carbocycles. The predicted octanol–water partition coefficient (Wildman–Crippen LogP) is 7.68. The number of furan rings is 1. The van der Waals surface area contributed by atoms with Gasteiger partial charge in [0.25, 0.3) is 0 Å². The van der Waals surface area contributed by atoms with Crippen molar-refractivity contribution in [2.45, 2.75) is 31.3 Å². The molecule has 40 heavy (non-hydrogen) atoms. The van der Waals surface area contributed by atoms with Crippen molar-refractivity contribution in [2.75, 3.05) is 12.4 Å². The van der Waals surface area contributed by atoms with Crippen LogP contribution in [0, 0.1) is 0 Å². The van der Waals surface area contributed by atoms with Crippen LogP contribution in [-0.2, 0) is 19.7 Å². The van der Waals surface area contributed by atoms with Crippen LogP contribution in [0.5, 0.6) is 0 Å². The zero-order chi connectivity index (χ0) is 27.7. The van der Waals surface area contributed by atoms with Crippen molar-refractivity contribution in [3.05, 3.63) is 108 Å². The van der Waals surface area contributed by atoms with Gasteiger partial charge < -0.3 is 13.9 Å². The van der Waals surface area contributed by atoms with Gasteiger partial charge in [0.1, 0.15) is 11.8 Å². The molecule has 0 spiro atoms. The first-order valence-corrected chi connectivity index (χ1v) is 13.2. The Labute approximate surface area is 231 Å². The number of ether oxygens (including phenoxy) is 2. The number of methoxy groups -OCH3 is 1. The number of fused-ring (bicyclic) bond motifs is 1. The highest BCUT2D eigenvalue weighted by Gasteiger charge is 2.52. The maximum atomic E-state index is 12.9. The monoisotopic (exact) mass is 532 g/mol. The topological polar surface area (TPSA) is 90.7 Å². The van der Waals surface area contributed by atoms with Gasteiger partial charge in [-0.3, -0.25) is 10.1 Å². The second-order valence-corrected chi connectivity index (χ2v) is 9.97. The van der Waals surface area contributed by atoms with Crippen LogP contribution in [-0.4, -0.2) is 24.2 Å². The molecular weight excluding hydrogens is 504 g/mol. The van der Waals surface area contributed by atoms with Crippen molar-refractivity contribution in [2.24, 2.45) is 0 Å². The minimum absolute atomic E-state index is 0.173.